The minimum absolute atomic E-state index is 0.607. The van der Waals surface area contributed by atoms with Gasteiger partial charge in [0.1, 0.15) is 0 Å². The van der Waals surface area contributed by atoms with Gasteiger partial charge in [0.15, 0.2) is 0 Å². The quantitative estimate of drug-likeness (QED) is 0.744. The third-order valence-corrected chi connectivity index (χ3v) is 2.35. The van der Waals surface area contributed by atoms with Crippen LogP contribution in [-0.2, 0) is 6.42 Å². The number of hydrogen-bond donors (Lipinski definition) is 2. The highest BCUT2D eigenvalue weighted by molar-refractivity contribution is 5.15. The summed E-state index contributed by atoms with van der Waals surface area (Å²) in [5.74, 6) is 0. The van der Waals surface area contributed by atoms with E-state index in [0.29, 0.717) is 6.54 Å². The summed E-state index contributed by atoms with van der Waals surface area (Å²) in [6, 6.07) is 10.3. The monoisotopic (exact) mass is 193 g/mol. The Hall–Kier alpha value is -0.860. The first-order valence-corrected chi connectivity index (χ1v) is 5.05. The third-order valence-electron chi connectivity index (χ3n) is 2.35. The topological polar surface area (TPSA) is 32.3 Å². The zero-order valence-corrected chi connectivity index (χ0v) is 8.96. The maximum atomic E-state index is 9.91. The summed E-state index contributed by atoms with van der Waals surface area (Å²) in [6.07, 6.45) is 1.72. The molecule has 0 fully saturated rings. The first-order valence-electron chi connectivity index (χ1n) is 5.05. The fourth-order valence-electron chi connectivity index (χ4n) is 1.53. The lowest BCUT2D eigenvalue weighted by Gasteiger charge is -2.22. The van der Waals surface area contributed by atoms with E-state index in [-0.39, 0.29) is 0 Å². The lowest BCUT2D eigenvalue weighted by Crippen LogP contribution is -2.36. The molecule has 0 aliphatic rings. The lowest BCUT2D eigenvalue weighted by atomic mass is 9.97. The number of nitrogens with one attached hydrogen (secondary N) is 1. The molecule has 2 N–H and O–H groups in total. The van der Waals surface area contributed by atoms with Crippen LogP contribution in [-0.4, -0.2) is 24.3 Å². The van der Waals surface area contributed by atoms with Crippen molar-refractivity contribution in [2.24, 2.45) is 0 Å². The number of rotatable bonds is 5. The Bertz CT molecular complexity index is 256. The molecule has 1 unspecified atom stereocenters. The molecule has 0 heterocycles. The molecule has 0 spiro atoms. The molecule has 78 valence electrons. The summed E-state index contributed by atoms with van der Waals surface area (Å²) in [4.78, 5) is 0. The highest BCUT2D eigenvalue weighted by Crippen LogP contribution is 2.12. The van der Waals surface area contributed by atoms with Crippen molar-refractivity contribution in [3.63, 3.8) is 0 Å². The van der Waals surface area contributed by atoms with Gasteiger partial charge in [-0.3, -0.25) is 0 Å². The van der Waals surface area contributed by atoms with Crippen LogP contribution >= 0.6 is 0 Å². The predicted octanol–water partition coefficient (Wildman–Crippen LogP) is 1.59. The summed E-state index contributed by atoms with van der Waals surface area (Å²) in [7, 11) is 1.86. The Morgan fingerprint density at radius 2 is 1.93 bits per heavy atom. The van der Waals surface area contributed by atoms with Crippen LogP contribution in [0.2, 0.25) is 0 Å². The Balaban J connectivity index is 2.40. The first-order chi connectivity index (χ1) is 6.64. The largest absolute Gasteiger partial charge is 0.389 e. The molecule has 1 aromatic rings. The van der Waals surface area contributed by atoms with Crippen molar-refractivity contribution in [1.82, 2.24) is 5.32 Å². The smallest absolute Gasteiger partial charge is 0.0746 e. The molecule has 1 rings (SSSR count). The Labute approximate surface area is 86.0 Å². The number of hydrogen-bond acceptors (Lipinski definition) is 2. The van der Waals surface area contributed by atoms with Gasteiger partial charge in [-0.05, 0) is 32.4 Å². The standard InChI is InChI=1S/C12H19NO/c1-12(14,10-13-2)9-8-11-6-4-3-5-7-11/h3-7,13-14H,8-10H2,1-2H3. The van der Waals surface area contributed by atoms with Gasteiger partial charge >= 0.3 is 0 Å². The third kappa shape index (κ3) is 3.90. The maximum Gasteiger partial charge on any atom is 0.0746 e. The normalized spacial score (nSPS) is 15.1. The molecule has 0 saturated carbocycles. The van der Waals surface area contributed by atoms with E-state index in [9.17, 15) is 5.11 Å². The molecule has 0 aliphatic heterocycles. The summed E-state index contributed by atoms with van der Waals surface area (Å²) < 4.78 is 0. The van der Waals surface area contributed by atoms with Gasteiger partial charge in [-0.2, -0.15) is 0 Å². The van der Waals surface area contributed by atoms with Crippen LogP contribution in [0.3, 0.4) is 0 Å². The Kier molecular flexibility index (Phi) is 4.11. The van der Waals surface area contributed by atoms with Crippen LogP contribution in [0, 0.1) is 0 Å². The van der Waals surface area contributed by atoms with Crippen molar-refractivity contribution in [3.8, 4) is 0 Å². The zero-order valence-electron chi connectivity index (χ0n) is 8.96. The number of likely N-dealkylation sites (N-methyl/N-ethyl adjacent to an activating group) is 1. The highest BCUT2D eigenvalue weighted by Gasteiger charge is 2.18. The highest BCUT2D eigenvalue weighted by atomic mass is 16.3. The van der Waals surface area contributed by atoms with Crippen molar-refractivity contribution in [2.45, 2.75) is 25.4 Å². The van der Waals surface area contributed by atoms with Gasteiger partial charge in [0.25, 0.3) is 0 Å². The average Bonchev–Trinajstić information content (AvgIpc) is 2.17. The zero-order chi connectivity index (χ0) is 10.4. The van der Waals surface area contributed by atoms with Gasteiger partial charge in [-0.15, -0.1) is 0 Å². The van der Waals surface area contributed by atoms with Crippen molar-refractivity contribution in [1.29, 1.82) is 0 Å². The Morgan fingerprint density at radius 1 is 1.29 bits per heavy atom. The van der Waals surface area contributed by atoms with Crippen LogP contribution in [0.25, 0.3) is 0 Å². The molecule has 1 atom stereocenters. The van der Waals surface area contributed by atoms with Gasteiger partial charge in [0.2, 0.25) is 0 Å². The first kappa shape index (κ1) is 11.2. The van der Waals surface area contributed by atoms with Gasteiger partial charge in [-0.1, -0.05) is 30.3 Å². The fraction of sp³-hybridized carbons (Fsp3) is 0.500. The van der Waals surface area contributed by atoms with Crippen molar-refractivity contribution in [2.75, 3.05) is 13.6 Å². The van der Waals surface area contributed by atoms with E-state index in [1.54, 1.807) is 0 Å². The van der Waals surface area contributed by atoms with E-state index in [1.807, 2.05) is 32.2 Å². The minimum atomic E-state index is -0.607. The van der Waals surface area contributed by atoms with Crippen LogP contribution in [0.1, 0.15) is 18.9 Å². The van der Waals surface area contributed by atoms with E-state index < -0.39 is 5.60 Å². The summed E-state index contributed by atoms with van der Waals surface area (Å²) in [5, 5.41) is 12.9. The van der Waals surface area contributed by atoms with Gasteiger partial charge in [-0.25, -0.2) is 0 Å². The van der Waals surface area contributed by atoms with Crippen molar-refractivity contribution in [3.05, 3.63) is 35.9 Å². The summed E-state index contributed by atoms with van der Waals surface area (Å²) in [6.45, 7) is 2.51. The second-order valence-electron chi connectivity index (χ2n) is 4.01. The molecule has 0 saturated heterocycles. The number of benzene rings is 1. The predicted molar refractivity (Wildman–Crippen MR) is 59.3 cm³/mol. The fourth-order valence-corrected chi connectivity index (χ4v) is 1.53. The van der Waals surface area contributed by atoms with E-state index in [2.05, 4.69) is 17.4 Å². The van der Waals surface area contributed by atoms with Crippen molar-refractivity contribution >= 4 is 0 Å². The molecule has 0 aromatic heterocycles. The second-order valence-corrected chi connectivity index (χ2v) is 4.01. The molecule has 2 nitrogen and oxygen atoms in total. The number of aliphatic hydroxyl groups is 1. The second kappa shape index (κ2) is 5.13. The molecule has 1 aromatic carbocycles. The molecule has 2 heteroatoms. The maximum absolute atomic E-state index is 9.91. The number of aryl methyl sites for hydroxylation is 1. The molecular weight excluding hydrogens is 174 g/mol. The Morgan fingerprint density at radius 3 is 2.50 bits per heavy atom. The molecule has 0 bridgehead atoms. The molecule has 0 aliphatic carbocycles. The molecule has 0 radical (unpaired) electrons. The minimum Gasteiger partial charge on any atom is -0.389 e. The van der Waals surface area contributed by atoms with E-state index in [0.717, 1.165) is 12.8 Å². The van der Waals surface area contributed by atoms with Crippen LogP contribution < -0.4 is 5.32 Å². The average molecular weight is 193 g/mol. The summed E-state index contributed by atoms with van der Waals surface area (Å²) >= 11 is 0. The van der Waals surface area contributed by atoms with Crippen LogP contribution in [0.5, 0.6) is 0 Å². The van der Waals surface area contributed by atoms with E-state index >= 15 is 0 Å². The van der Waals surface area contributed by atoms with Gasteiger partial charge in [0.05, 0.1) is 5.60 Å². The SMILES string of the molecule is CNCC(C)(O)CCc1ccccc1. The van der Waals surface area contributed by atoms with Gasteiger partial charge in [0, 0.05) is 6.54 Å². The van der Waals surface area contributed by atoms with Crippen molar-refractivity contribution < 1.29 is 5.11 Å². The van der Waals surface area contributed by atoms with E-state index in [4.69, 9.17) is 0 Å². The lowest BCUT2D eigenvalue weighted by molar-refractivity contribution is 0.0531. The molecular formula is C12H19NO. The van der Waals surface area contributed by atoms with Crippen LogP contribution in [0.4, 0.5) is 0 Å². The van der Waals surface area contributed by atoms with E-state index in [1.165, 1.54) is 5.56 Å². The summed E-state index contributed by atoms with van der Waals surface area (Å²) in [5.41, 5.74) is 0.675. The molecule has 14 heavy (non-hydrogen) atoms. The van der Waals surface area contributed by atoms with Gasteiger partial charge < -0.3 is 10.4 Å². The molecule has 0 amide bonds. The van der Waals surface area contributed by atoms with Crippen LogP contribution in [0.15, 0.2) is 30.3 Å².